The molecular weight excluding hydrogens is 574 g/mol. The first-order chi connectivity index (χ1) is 21.5. The molecule has 44 heavy (non-hydrogen) atoms. The van der Waals surface area contributed by atoms with Crippen molar-refractivity contribution in [3.63, 3.8) is 0 Å². The van der Waals surface area contributed by atoms with Gasteiger partial charge in [0, 0.05) is 56.3 Å². The Morgan fingerprint density at radius 2 is 1.41 bits per heavy atom. The van der Waals surface area contributed by atoms with Crippen molar-refractivity contribution in [2.24, 2.45) is 0 Å². The zero-order valence-corrected chi connectivity index (χ0v) is 26.3. The molecule has 0 radical (unpaired) electrons. The second-order valence-electron chi connectivity index (χ2n) is 10.8. The summed E-state index contributed by atoms with van der Waals surface area (Å²) in [5.74, 6) is 0.709. The summed E-state index contributed by atoms with van der Waals surface area (Å²) in [6, 6.07) is 10.2. The van der Waals surface area contributed by atoms with Crippen molar-refractivity contribution < 1.29 is 42.6 Å². The Morgan fingerprint density at radius 3 is 2.07 bits per heavy atom. The van der Waals surface area contributed by atoms with Crippen molar-refractivity contribution in [3.05, 3.63) is 48.5 Å². The van der Waals surface area contributed by atoms with Crippen molar-refractivity contribution in [1.29, 1.82) is 0 Å². The fourth-order valence-corrected chi connectivity index (χ4v) is 6.14. The number of hydrogen-bond donors (Lipinski definition) is 0. The van der Waals surface area contributed by atoms with E-state index in [-0.39, 0.29) is 6.61 Å². The highest BCUT2D eigenvalue weighted by molar-refractivity contribution is 5.83. The fraction of sp³-hybridized carbons (Fsp3) is 0.633. The van der Waals surface area contributed by atoms with E-state index in [0.29, 0.717) is 30.1 Å². The van der Waals surface area contributed by atoms with Gasteiger partial charge < -0.3 is 47.5 Å². The van der Waals surface area contributed by atoms with E-state index in [1.54, 1.807) is 49.0 Å². The van der Waals surface area contributed by atoms with Gasteiger partial charge in [-0.05, 0) is 5.56 Å². The van der Waals surface area contributed by atoms with Crippen molar-refractivity contribution in [2.75, 3.05) is 67.8 Å². The zero-order chi connectivity index (χ0) is 31.2. The van der Waals surface area contributed by atoms with E-state index in [4.69, 9.17) is 42.6 Å². The summed E-state index contributed by atoms with van der Waals surface area (Å²) in [6.45, 7) is 1.08. The number of fused-ring (bicyclic) bond motifs is 1. The minimum absolute atomic E-state index is 0.125. The van der Waals surface area contributed by atoms with Gasteiger partial charge in [0.2, 0.25) is 0 Å². The normalized spacial score (nSPS) is 30.7. The maximum Gasteiger partial charge on any atom is 0.187 e. The minimum Gasteiger partial charge on any atom is -0.382 e. The molecule has 0 N–H and O–H groups in total. The van der Waals surface area contributed by atoms with Crippen LogP contribution in [0.1, 0.15) is 11.8 Å². The Bertz CT molecular complexity index is 1320. The molecule has 0 amide bonds. The van der Waals surface area contributed by atoms with Crippen LogP contribution in [0.15, 0.2) is 43.0 Å². The summed E-state index contributed by atoms with van der Waals surface area (Å²) in [5, 5.41) is 0. The molecular formula is C30H43N5O9. The number of anilines is 1. The molecule has 0 aliphatic carbocycles. The van der Waals surface area contributed by atoms with Crippen LogP contribution in [0.2, 0.25) is 0 Å². The number of benzene rings is 1. The molecule has 2 fully saturated rings. The summed E-state index contributed by atoms with van der Waals surface area (Å²) >= 11 is 0. The minimum atomic E-state index is -0.776. The van der Waals surface area contributed by atoms with E-state index in [1.807, 2.05) is 34.7 Å². The number of methoxy groups -OCH3 is 6. The van der Waals surface area contributed by atoms with Crippen LogP contribution in [0, 0.1) is 0 Å². The molecule has 2 aliphatic rings. The lowest BCUT2D eigenvalue weighted by molar-refractivity contribution is -0.317. The molecule has 0 spiro atoms. The van der Waals surface area contributed by atoms with Crippen LogP contribution in [0.3, 0.4) is 0 Å². The smallest absolute Gasteiger partial charge is 0.187 e. The molecule has 1 aromatic carbocycles. The van der Waals surface area contributed by atoms with E-state index in [9.17, 15) is 0 Å². The Hall–Kier alpha value is -2.79. The molecule has 9 atom stereocenters. The summed E-state index contributed by atoms with van der Waals surface area (Å²) in [7, 11) is 11.6. The molecule has 0 unspecified atom stereocenters. The fourth-order valence-electron chi connectivity index (χ4n) is 6.14. The first-order valence-electron chi connectivity index (χ1n) is 14.5. The van der Waals surface area contributed by atoms with E-state index in [0.717, 1.165) is 5.56 Å². The Labute approximate surface area is 257 Å². The molecule has 14 heteroatoms. The van der Waals surface area contributed by atoms with Crippen molar-refractivity contribution in [3.8, 4) is 0 Å². The summed E-state index contributed by atoms with van der Waals surface area (Å²) in [4.78, 5) is 15.8. The second kappa shape index (κ2) is 15.0. The summed E-state index contributed by atoms with van der Waals surface area (Å²) in [5.41, 5.74) is 2.43. The SMILES string of the molecule is COC[C@H]1O[C@@H](OC[C@H]2O[C@@H](n3cnc4c(N(C)Cc5ccccc5)ncnc43)[C@H](OC)[C@@H]2OC)[C@H](OC)[C@@H](OC)[C@@H]1OC. The number of rotatable bonds is 14. The van der Waals surface area contributed by atoms with E-state index >= 15 is 0 Å². The van der Waals surface area contributed by atoms with E-state index in [2.05, 4.69) is 27.1 Å². The van der Waals surface area contributed by atoms with Crippen molar-refractivity contribution in [2.45, 2.75) is 61.8 Å². The lowest BCUT2D eigenvalue weighted by Crippen LogP contribution is -2.61. The van der Waals surface area contributed by atoms with Gasteiger partial charge in [0.25, 0.3) is 0 Å². The monoisotopic (exact) mass is 617 g/mol. The molecule has 4 heterocycles. The number of hydrogen-bond acceptors (Lipinski definition) is 13. The Balaban J connectivity index is 1.35. The van der Waals surface area contributed by atoms with Gasteiger partial charge in [-0.2, -0.15) is 0 Å². The van der Waals surface area contributed by atoms with Crippen LogP contribution in [-0.2, 0) is 49.2 Å². The molecule has 5 rings (SSSR count). The molecule has 242 valence electrons. The third-order valence-corrected chi connectivity index (χ3v) is 8.23. The van der Waals surface area contributed by atoms with Crippen LogP contribution in [0.5, 0.6) is 0 Å². The van der Waals surface area contributed by atoms with Gasteiger partial charge in [-0.3, -0.25) is 4.57 Å². The number of aromatic nitrogens is 4. The number of nitrogens with zero attached hydrogens (tertiary/aromatic N) is 5. The highest BCUT2D eigenvalue weighted by Gasteiger charge is 2.50. The van der Waals surface area contributed by atoms with Crippen LogP contribution in [-0.4, -0.2) is 131 Å². The first-order valence-corrected chi connectivity index (χ1v) is 14.5. The van der Waals surface area contributed by atoms with Gasteiger partial charge in [-0.25, -0.2) is 15.0 Å². The van der Waals surface area contributed by atoms with Crippen molar-refractivity contribution in [1.82, 2.24) is 19.5 Å². The first kappa shape index (κ1) is 32.6. The van der Waals surface area contributed by atoms with Gasteiger partial charge >= 0.3 is 0 Å². The molecule has 2 saturated heterocycles. The quantitative estimate of drug-likeness (QED) is 0.261. The van der Waals surface area contributed by atoms with Gasteiger partial charge in [-0.1, -0.05) is 30.3 Å². The molecule has 14 nitrogen and oxygen atoms in total. The maximum absolute atomic E-state index is 6.54. The predicted octanol–water partition coefficient (Wildman–Crippen LogP) is 1.82. The zero-order valence-electron chi connectivity index (χ0n) is 26.3. The second-order valence-corrected chi connectivity index (χ2v) is 10.8. The van der Waals surface area contributed by atoms with Gasteiger partial charge in [0.15, 0.2) is 29.5 Å². The predicted molar refractivity (Wildman–Crippen MR) is 158 cm³/mol. The lowest BCUT2D eigenvalue weighted by Gasteiger charge is -2.44. The standard InChI is InChI=1S/C30H43N5O9/c1-34(13-18-11-9-8-10-12-18)27-21-28(32-16-31-27)35(17-33-21)29-25(40-6)23(38-4)20(43-29)15-42-30-26(41-7)24(39-5)22(37-3)19(44-30)14-36-2/h8-12,16-17,19-20,22-26,29-30H,13-15H2,1-7H3/t19-,20-,22-,23-,24+,25-,26-,29-,30-/m1/s1. The van der Waals surface area contributed by atoms with Gasteiger partial charge in [-0.15, -0.1) is 0 Å². The van der Waals surface area contributed by atoms with Crippen molar-refractivity contribution >= 4 is 17.0 Å². The van der Waals surface area contributed by atoms with Gasteiger partial charge in [0.05, 0.1) is 19.5 Å². The largest absolute Gasteiger partial charge is 0.382 e. The van der Waals surface area contributed by atoms with E-state index in [1.165, 1.54) is 6.33 Å². The van der Waals surface area contributed by atoms with Crippen LogP contribution < -0.4 is 4.90 Å². The number of ether oxygens (including phenoxy) is 9. The third-order valence-electron chi connectivity index (χ3n) is 8.23. The molecule has 0 bridgehead atoms. The van der Waals surface area contributed by atoms with Crippen LogP contribution in [0.25, 0.3) is 11.2 Å². The average molecular weight is 618 g/mol. The summed E-state index contributed by atoms with van der Waals surface area (Å²) in [6.07, 6.45) is -1.45. The Morgan fingerprint density at radius 1 is 0.750 bits per heavy atom. The topological polar surface area (TPSA) is 130 Å². The Kier molecular flexibility index (Phi) is 11.1. The highest BCUT2D eigenvalue weighted by Crippen LogP contribution is 2.37. The highest BCUT2D eigenvalue weighted by atomic mass is 16.7. The molecule has 3 aromatic rings. The van der Waals surface area contributed by atoms with E-state index < -0.39 is 55.2 Å². The van der Waals surface area contributed by atoms with Crippen LogP contribution in [0.4, 0.5) is 5.82 Å². The summed E-state index contributed by atoms with van der Waals surface area (Å²) < 4.78 is 55.3. The van der Waals surface area contributed by atoms with Gasteiger partial charge in [0.1, 0.15) is 49.1 Å². The third kappa shape index (κ3) is 6.45. The maximum atomic E-state index is 6.54. The number of imidazole rings is 1. The molecule has 0 saturated carbocycles. The van der Waals surface area contributed by atoms with Crippen LogP contribution >= 0.6 is 0 Å². The average Bonchev–Trinajstić information content (AvgIpc) is 3.64. The lowest BCUT2D eigenvalue weighted by atomic mass is 9.98. The molecule has 2 aromatic heterocycles. The molecule has 2 aliphatic heterocycles.